The third kappa shape index (κ3) is 4.04. The van der Waals surface area contributed by atoms with Crippen molar-refractivity contribution in [3.05, 3.63) is 102 Å². The Kier molecular flexibility index (Phi) is 6.03. The van der Waals surface area contributed by atoms with Crippen LogP contribution in [0.15, 0.2) is 84.9 Å². The largest absolute Gasteiger partial charge is 0.494 e. The Hall–Kier alpha value is -3.60. The first kappa shape index (κ1) is 20.7. The second-order valence-corrected chi connectivity index (χ2v) is 7.69. The maximum absolute atomic E-state index is 13.8. The molecule has 3 aromatic rings. The number of ether oxygens (including phenoxy) is 1. The van der Waals surface area contributed by atoms with Gasteiger partial charge in [0.15, 0.2) is 11.5 Å². The zero-order valence-corrected chi connectivity index (χ0v) is 17.7. The maximum atomic E-state index is 13.8. The van der Waals surface area contributed by atoms with E-state index in [-0.39, 0.29) is 11.9 Å². The van der Waals surface area contributed by atoms with Gasteiger partial charge in [0.1, 0.15) is 5.75 Å². The molecule has 0 bridgehead atoms. The molecule has 0 unspecified atom stereocenters. The second kappa shape index (κ2) is 9.04. The number of nitrogens with one attached hydrogen (secondary N) is 2. The van der Waals surface area contributed by atoms with Gasteiger partial charge < -0.3 is 10.1 Å². The number of guanidine groups is 1. The lowest BCUT2D eigenvalue weighted by molar-refractivity contribution is -0.130. The van der Waals surface area contributed by atoms with Crippen molar-refractivity contribution in [1.82, 2.24) is 10.2 Å². The van der Waals surface area contributed by atoms with Gasteiger partial charge >= 0.3 is 0 Å². The Morgan fingerprint density at radius 3 is 2.03 bits per heavy atom. The van der Waals surface area contributed by atoms with Crippen molar-refractivity contribution in [1.29, 1.82) is 5.41 Å². The van der Waals surface area contributed by atoms with Crippen LogP contribution in [0.4, 0.5) is 0 Å². The van der Waals surface area contributed by atoms with Crippen molar-refractivity contribution in [2.24, 2.45) is 0 Å². The van der Waals surface area contributed by atoms with Crippen LogP contribution < -0.4 is 10.1 Å². The van der Waals surface area contributed by atoms with Gasteiger partial charge in [0.05, 0.1) is 13.2 Å². The number of carbonyl (C=O) groups excluding carboxylic acids is 1. The fourth-order valence-corrected chi connectivity index (χ4v) is 3.90. The van der Waals surface area contributed by atoms with E-state index in [1.165, 1.54) is 4.90 Å². The number of benzene rings is 3. The van der Waals surface area contributed by atoms with Crippen LogP contribution in [-0.2, 0) is 16.9 Å². The molecule has 1 aliphatic heterocycles. The molecular formula is C26H27N3O2. The molecule has 0 aromatic heterocycles. The molecule has 1 saturated heterocycles. The van der Waals surface area contributed by atoms with Gasteiger partial charge in [-0.05, 0) is 35.2 Å². The van der Waals surface area contributed by atoms with Crippen LogP contribution in [0.5, 0.6) is 5.75 Å². The van der Waals surface area contributed by atoms with Crippen LogP contribution in [-0.4, -0.2) is 23.4 Å². The number of unbranched alkanes of at least 4 members (excludes halogenated alkanes) is 1. The van der Waals surface area contributed by atoms with E-state index < -0.39 is 5.54 Å². The maximum Gasteiger partial charge on any atom is 0.264 e. The number of amides is 1. The molecule has 0 radical (unpaired) electrons. The summed E-state index contributed by atoms with van der Waals surface area (Å²) in [5.41, 5.74) is 1.47. The Labute approximate surface area is 183 Å². The Balaban J connectivity index is 1.61. The quantitative estimate of drug-likeness (QED) is 0.527. The molecule has 5 nitrogen and oxygen atoms in total. The highest BCUT2D eigenvalue weighted by Gasteiger charge is 2.52. The van der Waals surface area contributed by atoms with Crippen molar-refractivity contribution >= 4 is 11.9 Å². The summed E-state index contributed by atoms with van der Waals surface area (Å²) < 4.78 is 5.73. The van der Waals surface area contributed by atoms with E-state index in [9.17, 15) is 4.79 Å². The van der Waals surface area contributed by atoms with Crippen molar-refractivity contribution in [3.63, 3.8) is 0 Å². The number of hydrogen-bond acceptors (Lipinski definition) is 3. The standard InChI is InChI=1S/C26H27N3O2/c1-2-3-18-31-23-16-14-20(15-17-23)19-29-24(30)26(28-25(29)27,21-10-6-4-7-11-21)22-12-8-5-9-13-22/h4-17H,2-3,18-19H2,1H3,(H2,27,28). The Morgan fingerprint density at radius 1 is 0.903 bits per heavy atom. The minimum atomic E-state index is -1.11. The zero-order chi connectivity index (χ0) is 21.7. The molecule has 3 aromatic carbocycles. The SMILES string of the molecule is CCCCOc1ccc(CN2C(=N)NC(c3ccccc3)(c3ccccc3)C2=O)cc1. The molecule has 4 rings (SSSR count). The van der Waals surface area contributed by atoms with Gasteiger partial charge in [0.2, 0.25) is 0 Å². The van der Waals surface area contributed by atoms with E-state index >= 15 is 0 Å². The summed E-state index contributed by atoms with van der Waals surface area (Å²) in [6.45, 7) is 3.15. The van der Waals surface area contributed by atoms with Crippen LogP contribution in [0.2, 0.25) is 0 Å². The fourth-order valence-electron chi connectivity index (χ4n) is 3.90. The third-order valence-corrected chi connectivity index (χ3v) is 5.59. The highest BCUT2D eigenvalue weighted by Crippen LogP contribution is 2.36. The lowest BCUT2D eigenvalue weighted by Crippen LogP contribution is -2.45. The molecule has 31 heavy (non-hydrogen) atoms. The molecule has 5 heteroatoms. The first-order valence-corrected chi connectivity index (χ1v) is 10.7. The lowest BCUT2D eigenvalue weighted by Gasteiger charge is -2.28. The fraction of sp³-hybridized carbons (Fsp3) is 0.231. The van der Waals surface area contributed by atoms with E-state index in [2.05, 4.69) is 12.2 Å². The summed E-state index contributed by atoms with van der Waals surface area (Å²) in [7, 11) is 0. The van der Waals surface area contributed by atoms with Crippen molar-refractivity contribution in [2.45, 2.75) is 31.8 Å². The Bertz CT molecular complexity index is 994. The van der Waals surface area contributed by atoms with Gasteiger partial charge in [-0.3, -0.25) is 15.1 Å². The molecule has 1 aliphatic rings. The topological polar surface area (TPSA) is 65.4 Å². The van der Waals surface area contributed by atoms with Crippen LogP contribution in [0.1, 0.15) is 36.5 Å². The molecule has 1 heterocycles. The monoisotopic (exact) mass is 413 g/mol. The molecule has 1 amide bonds. The molecule has 1 fully saturated rings. The number of nitrogens with zero attached hydrogens (tertiary/aromatic N) is 1. The van der Waals surface area contributed by atoms with Gasteiger partial charge in [0.25, 0.3) is 5.91 Å². The smallest absolute Gasteiger partial charge is 0.264 e. The van der Waals surface area contributed by atoms with Gasteiger partial charge in [-0.2, -0.15) is 0 Å². The van der Waals surface area contributed by atoms with E-state index in [0.717, 1.165) is 35.3 Å². The van der Waals surface area contributed by atoms with Crippen LogP contribution in [0.3, 0.4) is 0 Å². The van der Waals surface area contributed by atoms with Crippen LogP contribution in [0, 0.1) is 5.41 Å². The summed E-state index contributed by atoms with van der Waals surface area (Å²) in [5, 5.41) is 11.8. The summed E-state index contributed by atoms with van der Waals surface area (Å²) in [6.07, 6.45) is 2.11. The second-order valence-electron chi connectivity index (χ2n) is 7.69. The van der Waals surface area contributed by atoms with Gasteiger partial charge in [-0.25, -0.2) is 0 Å². The van der Waals surface area contributed by atoms with E-state index in [0.29, 0.717) is 13.2 Å². The molecule has 0 aliphatic carbocycles. The first-order chi connectivity index (χ1) is 15.1. The third-order valence-electron chi connectivity index (χ3n) is 5.59. The van der Waals surface area contributed by atoms with E-state index in [4.69, 9.17) is 10.1 Å². The molecule has 0 spiro atoms. The summed E-state index contributed by atoms with van der Waals surface area (Å²) in [6, 6.07) is 27.0. The normalized spacial score (nSPS) is 15.1. The summed E-state index contributed by atoms with van der Waals surface area (Å²) in [5.74, 6) is 0.764. The van der Waals surface area contributed by atoms with Crippen molar-refractivity contribution in [2.75, 3.05) is 6.61 Å². The highest BCUT2D eigenvalue weighted by atomic mass is 16.5. The van der Waals surface area contributed by atoms with Gasteiger partial charge in [0, 0.05) is 0 Å². The summed E-state index contributed by atoms with van der Waals surface area (Å²) >= 11 is 0. The number of hydrogen-bond donors (Lipinski definition) is 2. The average Bonchev–Trinajstić information content (AvgIpc) is 3.07. The zero-order valence-electron chi connectivity index (χ0n) is 17.7. The van der Waals surface area contributed by atoms with E-state index in [1.807, 2.05) is 84.9 Å². The molecule has 2 N–H and O–H groups in total. The minimum Gasteiger partial charge on any atom is -0.494 e. The molecule has 0 atom stereocenters. The molecular weight excluding hydrogens is 386 g/mol. The number of rotatable bonds is 8. The van der Waals surface area contributed by atoms with Crippen molar-refractivity contribution in [3.8, 4) is 5.75 Å². The average molecular weight is 414 g/mol. The molecule has 0 saturated carbocycles. The first-order valence-electron chi connectivity index (χ1n) is 10.7. The highest BCUT2D eigenvalue weighted by molar-refractivity contribution is 6.10. The van der Waals surface area contributed by atoms with Crippen LogP contribution in [0.25, 0.3) is 0 Å². The lowest BCUT2D eigenvalue weighted by atomic mass is 9.82. The van der Waals surface area contributed by atoms with Crippen molar-refractivity contribution < 1.29 is 9.53 Å². The van der Waals surface area contributed by atoms with E-state index in [1.54, 1.807) is 0 Å². The summed E-state index contributed by atoms with van der Waals surface area (Å²) in [4.78, 5) is 15.3. The van der Waals surface area contributed by atoms with Gasteiger partial charge in [-0.1, -0.05) is 86.1 Å². The minimum absolute atomic E-state index is 0.0981. The number of carbonyl (C=O) groups is 1. The van der Waals surface area contributed by atoms with Gasteiger partial charge in [-0.15, -0.1) is 0 Å². The van der Waals surface area contributed by atoms with Crippen LogP contribution >= 0.6 is 0 Å². The predicted molar refractivity (Wildman–Crippen MR) is 122 cm³/mol. The molecule has 158 valence electrons. The predicted octanol–water partition coefficient (Wildman–Crippen LogP) is 4.68. The Morgan fingerprint density at radius 2 is 1.48 bits per heavy atom.